The molecule has 0 aliphatic carbocycles. The van der Waals surface area contributed by atoms with Crippen LogP contribution in [0.2, 0.25) is 0 Å². The number of anilines is 2. The highest BCUT2D eigenvalue weighted by molar-refractivity contribution is 7.87. The van der Waals surface area contributed by atoms with Gasteiger partial charge < -0.3 is 19.0 Å². The number of urea groups is 1. The average Bonchev–Trinajstić information content (AvgIpc) is 2.89. The summed E-state index contributed by atoms with van der Waals surface area (Å²) in [5.41, 5.74) is 3.12. The Morgan fingerprint density at radius 2 is 1.15 bits per heavy atom. The van der Waals surface area contributed by atoms with Gasteiger partial charge in [-0.3, -0.25) is 0 Å². The second-order valence-corrected chi connectivity index (χ2v) is 12.2. The van der Waals surface area contributed by atoms with Crippen molar-refractivity contribution in [3.8, 4) is 11.5 Å². The highest BCUT2D eigenvalue weighted by atomic mass is 32.2. The van der Waals surface area contributed by atoms with Gasteiger partial charge in [-0.05, 0) is 98.5 Å². The molecule has 0 aromatic heterocycles. The zero-order valence-electron chi connectivity index (χ0n) is 22.3. The Kier molecular flexibility index (Phi) is 8.17. The molecule has 4 aromatic carbocycles. The van der Waals surface area contributed by atoms with Crippen molar-refractivity contribution < 1.29 is 30.0 Å². The molecule has 4 aromatic rings. The van der Waals surface area contributed by atoms with Gasteiger partial charge in [0.1, 0.15) is 15.5 Å². The van der Waals surface area contributed by atoms with Crippen molar-refractivity contribution in [3.05, 3.63) is 107 Å². The van der Waals surface area contributed by atoms with Crippen LogP contribution in [0.25, 0.3) is 0 Å². The molecular formula is C29H28N2O7S2. The monoisotopic (exact) mass is 580 g/mol. The number of aryl methyl sites for hydroxylation is 4. The first-order valence-electron chi connectivity index (χ1n) is 12.1. The number of rotatable bonds is 8. The smallest absolute Gasteiger partial charge is 0.339 e. The van der Waals surface area contributed by atoms with Crippen molar-refractivity contribution >= 4 is 37.6 Å². The molecule has 0 saturated carbocycles. The second kappa shape index (κ2) is 11.4. The lowest BCUT2D eigenvalue weighted by atomic mass is 10.2. The van der Waals surface area contributed by atoms with Crippen LogP contribution in [0.5, 0.6) is 11.5 Å². The largest absolute Gasteiger partial charge is 0.379 e. The number of nitrogens with one attached hydrogen (secondary N) is 2. The predicted molar refractivity (Wildman–Crippen MR) is 153 cm³/mol. The van der Waals surface area contributed by atoms with Crippen LogP contribution < -0.4 is 19.0 Å². The third kappa shape index (κ3) is 6.80. The first kappa shape index (κ1) is 28.7. The van der Waals surface area contributed by atoms with E-state index in [4.69, 9.17) is 8.37 Å². The SMILES string of the molecule is Cc1ccc(C)c(S(=O)(=O)Oc2ccc(NC(=O)Nc3ccccc3OS(=O)(=O)c3cc(C)ccc3C)cc2)c1. The number of para-hydroxylation sites is 2. The maximum atomic E-state index is 13.0. The number of benzene rings is 4. The van der Waals surface area contributed by atoms with Gasteiger partial charge in [0.15, 0.2) is 5.75 Å². The van der Waals surface area contributed by atoms with Gasteiger partial charge >= 0.3 is 26.3 Å². The fourth-order valence-corrected chi connectivity index (χ4v) is 6.32. The molecule has 208 valence electrons. The summed E-state index contributed by atoms with van der Waals surface area (Å²) in [6, 6.07) is 21.3. The Hall–Kier alpha value is -4.35. The van der Waals surface area contributed by atoms with Crippen LogP contribution in [0.3, 0.4) is 0 Å². The molecule has 9 nitrogen and oxygen atoms in total. The Bertz CT molecular complexity index is 1780. The molecule has 11 heteroatoms. The molecule has 0 unspecified atom stereocenters. The van der Waals surface area contributed by atoms with Crippen LogP contribution in [-0.4, -0.2) is 22.9 Å². The first-order chi connectivity index (χ1) is 18.8. The minimum atomic E-state index is -4.16. The first-order valence-corrected chi connectivity index (χ1v) is 15.0. The third-order valence-electron chi connectivity index (χ3n) is 5.88. The molecule has 0 heterocycles. The summed E-state index contributed by atoms with van der Waals surface area (Å²) in [6.45, 7) is 6.92. The van der Waals surface area contributed by atoms with E-state index in [0.717, 1.165) is 11.1 Å². The predicted octanol–water partition coefficient (Wildman–Crippen LogP) is 6.10. The molecule has 4 rings (SSSR count). The maximum Gasteiger partial charge on any atom is 0.339 e. The topological polar surface area (TPSA) is 128 Å². The lowest BCUT2D eigenvalue weighted by molar-refractivity contribution is 0.262. The zero-order chi connectivity index (χ0) is 29.1. The van der Waals surface area contributed by atoms with Gasteiger partial charge in [-0.2, -0.15) is 16.8 Å². The van der Waals surface area contributed by atoms with Crippen molar-refractivity contribution in [3.63, 3.8) is 0 Å². The van der Waals surface area contributed by atoms with Crippen molar-refractivity contribution in [2.45, 2.75) is 37.5 Å². The Balaban J connectivity index is 1.44. The van der Waals surface area contributed by atoms with Crippen LogP contribution in [-0.2, 0) is 20.2 Å². The molecule has 0 atom stereocenters. The highest BCUT2D eigenvalue weighted by Gasteiger charge is 2.22. The number of hydrogen-bond donors (Lipinski definition) is 2. The molecule has 2 N–H and O–H groups in total. The normalized spacial score (nSPS) is 11.5. The van der Waals surface area contributed by atoms with E-state index in [-0.39, 0.29) is 27.0 Å². The zero-order valence-corrected chi connectivity index (χ0v) is 23.9. The molecule has 0 radical (unpaired) electrons. The van der Waals surface area contributed by atoms with Crippen molar-refractivity contribution in [1.82, 2.24) is 0 Å². The van der Waals surface area contributed by atoms with Gasteiger partial charge in [-0.15, -0.1) is 0 Å². The van der Waals surface area contributed by atoms with Crippen LogP contribution in [0.4, 0.5) is 16.2 Å². The van der Waals surface area contributed by atoms with Gasteiger partial charge in [-0.25, -0.2) is 4.79 Å². The van der Waals surface area contributed by atoms with E-state index in [1.54, 1.807) is 64.1 Å². The lowest BCUT2D eigenvalue weighted by Gasteiger charge is -2.14. The molecule has 0 bridgehead atoms. The van der Waals surface area contributed by atoms with Crippen LogP contribution in [0.15, 0.2) is 94.7 Å². The minimum Gasteiger partial charge on any atom is -0.379 e. The van der Waals surface area contributed by atoms with E-state index in [9.17, 15) is 21.6 Å². The van der Waals surface area contributed by atoms with Gasteiger partial charge in [0.05, 0.1) is 5.69 Å². The fraction of sp³-hybridized carbons (Fsp3) is 0.138. The van der Waals surface area contributed by atoms with Crippen molar-refractivity contribution in [2.75, 3.05) is 10.6 Å². The fourth-order valence-electron chi connectivity index (χ4n) is 3.81. The summed E-state index contributed by atoms with van der Waals surface area (Å²) >= 11 is 0. The van der Waals surface area contributed by atoms with E-state index in [0.29, 0.717) is 16.8 Å². The van der Waals surface area contributed by atoms with Crippen LogP contribution in [0.1, 0.15) is 22.3 Å². The molecule has 0 fully saturated rings. The van der Waals surface area contributed by atoms with E-state index in [1.165, 1.54) is 42.5 Å². The number of carbonyl (C=O) groups is 1. The van der Waals surface area contributed by atoms with Crippen LogP contribution >= 0.6 is 0 Å². The summed E-state index contributed by atoms with van der Waals surface area (Å²) in [4.78, 5) is 12.8. The lowest BCUT2D eigenvalue weighted by Crippen LogP contribution is -2.20. The summed E-state index contributed by atoms with van der Waals surface area (Å²) in [5, 5.41) is 5.19. The Morgan fingerprint density at radius 3 is 1.73 bits per heavy atom. The average molecular weight is 581 g/mol. The maximum absolute atomic E-state index is 13.0. The van der Waals surface area contributed by atoms with E-state index >= 15 is 0 Å². The van der Waals surface area contributed by atoms with E-state index in [1.807, 2.05) is 6.07 Å². The van der Waals surface area contributed by atoms with E-state index in [2.05, 4.69) is 10.6 Å². The summed E-state index contributed by atoms with van der Waals surface area (Å²) in [7, 11) is -8.21. The quantitative estimate of drug-likeness (QED) is 0.241. The third-order valence-corrected chi connectivity index (χ3v) is 8.65. The van der Waals surface area contributed by atoms with Crippen molar-refractivity contribution in [1.29, 1.82) is 0 Å². The Morgan fingerprint density at radius 1 is 0.625 bits per heavy atom. The van der Waals surface area contributed by atoms with Gasteiger partial charge in [0.2, 0.25) is 0 Å². The summed E-state index contributed by atoms with van der Waals surface area (Å²) < 4.78 is 62.0. The molecular weight excluding hydrogens is 552 g/mol. The number of hydrogen-bond acceptors (Lipinski definition) is 7. The molecule has 40 heavy (non-hydrogen) atoms. The molecule has 2 amide bonds. The van der Waals surface area contributed by atoms with Gasteiger partial charge in [0, 0.05) is 5.69 Å². The molecule has 0 aliphatic heterocycles. The summed E-state index contributed by atoms with van der Waals surface area (Å²) in [6.07, 6.45) is 0. The number of amides is 2. The van der Waals surface area contributed by atoms with Gasteiger partial charge in [0.25, 0.3) is 0 Å². The van der Waals surface area contributed by atoms with Crippen LogP contribution in [0, 0.1) is 27.7 Å². The Labute approximate surface area is 234 Å². The summed E-state index contributed by atoms with van der Waals surface area (Å²) in [5.74, 6) is 0.0150. The second-order valence-electron chi connectivity index (χ2n) is 9.21. The van der Waals surface area contributed by atoms with Gasteiger partial charge in [-0.1, -0.05) is 36.4 Å². The standard InChI is InChI=1S/C29H28N2O7S2/c1-19-9-11-21(3)27(17-19)39(33,34)37-24-15-13-23(14-16-24)30-29(32)31-25-7-5-6-8-26(25)38-40(35,36)28-18-20(2)10-12-22(28)4/h5-18H,1-4H3,(H2,30,31,32). The molecule has 0 aliphatic rings. The highest BCUT2D eigenvalue weighted by Crippen LogP contribution is 2.29. The number of carbonyl (C=O) groups excluding carboxylic acids is 1. The molecule has 0 saturated heterocycles. The van der Waals surface area contributed by atoms with E-state index < -0.39 is 26.3 Å². The minimum absolute atomic E-state index is 0.0358. The molecule has 0 spiro atoms. The van der Waals surface area contributed by atoms with Crippen molar-refractivity contribution in [2.24, 2.45) is 0 Å².